The molecule has 0 saturated carbocycles. The summed E-state index contributed by atoms with van der Waals surface area (Å²) in [5.41, 5.74) is 14.7. The molecule has 2 aliphatic rings. The van der Waals surface area contributed by atoms with Crippen molar-refractivity contribution in [2.45, 2.75) is 66.4 Å². The number of ether oxygens (including phenoxy) is 1. The summed E-state index contributed by atoms with van der Waals surface area (Å²) in [7, 11) is 0. The summed E-state index contributed by atoms with van der Waals surface area (Å²) in [6.45, 7) is 10.8. The lowest BCUT2D eigenvalue weighted by atomic mass is 9.68. The maximum Gasteiger partial charge on any atom is 0.162 e. The van der Waals surface area contributed by atoms with Crippen molar-refractivity contribution in [1.29, 1.82) is 5.26 Å². The number of halogens is 1. The number of Topliss-reactive ketones (excluding diaryl/α,β-unsaturated/α-hetero) is 1. The molecule has 1 unspecified atom stereocenters. The SMILES string of the molecule is CCc1ccc(N2C(N)=C(C#N)C(c3cc(COc4ccc(Cl)cc4)c(C)cc3C)C3=C2CC(C)(C)CC3=O)cc1. The quantitative estimate of drug-likeness (QED) is 0.327. The zero-order chi connectivity index (χ0) is 29.5. The molecule has 41 heavy (non-hydrogen) atoms. The highest BCUT2D eigenvalue weighted by Crippen LogP contribution is 2.50. The highest BCUT2D eigenvalue weighted by molar-refractivity contribution is 6.30. The molecule has 0 radical (unpaired) electrons. The number of carbonyl (C=O) groups is 1. The minimum atomic E-state index is -0.542. The summed E-state index contributed by atoms with van der Waals surface area (Å²) in [5.74, 6) is 0.620. The van der Waals surface area contributed by atoms with Crippen LogP contribution in [-0.2, 0) is 17.8 Å². The zero-order valence-corrected chi connectivity index (χ0v) is 25.1. The van der Waals surface area contributed by atoms with Crippen molar-refractivity contribution < 1.29 is 9.53 Å². The van der Waals surface area contributed by atoms with Gasteiger partial charge in [0.1, 0.15) is 18.2 Å². The molecule has 3 aromatic carbocycles. The predicted octanol–water partition coefficient (Wildman–Crippen LogP) is 8.04. The molecule has 1 atom stereocenters. The maximum atomic E-state index is 14.0. The molecule has 0 bridgehead atoms. The predicted molar refractivity (Wildman–Crippen MR) is 165 cm³/mol. The van der Waals surface area contributed by atoms with Crippen LogP contribution in [0.25, 0.3) is 0 Å². The van der Waals surface area contributed by atoms with Crippen LogP contribution in [0.3, 0.4) is 0 Å². The molecule has 1 heterocycles. The molecule has 0 fully saturated rings. The normalized spacial score (nSPS) is 18.3. The number of benzene rings is 3. The number of hydrogen-bond acceptors (Lipinski definition) is 5. The number of nitrogens with two attached hydrogens (primary N) is 1. The molecule has 5 rings (SSSR count). The van der Waals surface area contributed by atoms with Gasteiger partial charge in [0.25, 0.3) is 0 Å². The van der Waals surface area contributed by atoms with Gasteiger partial charge in [-0.05, 0) is 96.3 Å². The van der Waals surface area contributed by atoms with Crippen LogP contribution >= 0.6 is 11.6 Å². The van der Waals surface area contributed by atoms with Crippen molar-refractivity contribution in [2.75, 3.05) is 4.90 Å². The number of anilines is 1. The highest BCUT2D eigenvalue weighted by atomic mass is 35.5. The van der Waals surface area contributed by atoms with E-state index in [9.17, 15) is 10.1 Å². The Kier molecular flexibility index (Phi) is 7.72. The van der Waals surface area contributed by atoms with E-state index in [0.717, 1.165) is 45.8 Å². The van der Waals surface area contributed by atoms with E-state index < -0.39 is 5.92 Å². The highest BCUT2D eigenvalue weighted by Gasteiger charge is 2.45. The van der Waals surface area contributed by atoms with E-state index in [0.29, 0.717) is 41.4 Å². The number of ketones is 1. The Hall–Kier alpha value is -4.01. The van der Waals surface area contributed by atoms with E-state index >= 15 is 0 Å². The van der Waals surface area contributed by atoms with Crippen LogP contribution in [0.15, 0.2) is 83.3 Å². The Bertz CT molecular complexity index is 1610. The summed E-state index contributed by atoms with van der Waals surface area (Å²) in [6, 6.07) is 22.1. The molecule has 0 aromatic heterocycles. The molecule has 6 heteroatoms. The first-order valence-electron chi connectivity index (χ1n) is 14.1. The third-order valence-electron chi connectivity index (χ3n) is 8.23. The molecule has 3 aromatic rings. The number of rotatable bonds is 6. The van der Waals surface area contributed by atoms with Crippen molar-refractivity contribution in [1.82, 2.24) is 0 Å². The van der Waals surface area contributed by atoms with Crippen molar-refractivity contribution in [3.05, 3.63) is 116 Å². The third kappa shape index (κ3) is 5.49. The average molecular weight is 566 g/mol. The molecule has 210 valence electrons. The van der Waals surface area contributed by atoms with Gasteiger partial charge in [0.2, 0.25) is 0 Å². The van der Waals surface area contributed by atoms with E-state index in [4.69, 9.17) is 22.1 Å². The van der Waals surface area contributed by atoms with Crippen molar-refractivity contribution in [2.24, 2.45) is 11.1 Å². The van der Waals surface area contributed by atoms with Crippen LogP contribution in [-0.4, -0.2) is 5.78 Å². The second kappa shape index (κ2) is 11.1. The second-order valence-electron chi connectivity index (χ2n) is 11.9. The number of hydrogen-bond donors (Lipinski definition) is 1. The van der Waals surface area contributed by atoms with E-state index in [-0.39, 0.29) is 11.2 Å². The molecule has 1 aliphatic carbocycles. The van der Waals surface area contributed by atoms with Crippen molar-refractivity contribution >= 4 is 23.1 Å². The Morgan fingerprint density at radius 3 is 2.37 bits per heavy atom. The average Bonchev–Trinajstić information content (AvgIpc) is 2.92. The van der Waals surface area contributed by atoms with Crippen LogP contribution in [0.1, 0.15) is 67.3 Å². The fraction of sp³-hybridized carbons (Fsp3) is 0.314. The minimum absolute atomic E-state index is 0.0654. The minimum Gasteiger partial charge on any atom is -0.489 e. The maximum absolute atomic E-state index is 14.0. The number of aryl methyl sites for hydroxylation is 3. The first-order chi connectivity index (χ1) is 19.5. The van der Waals surface area contributed by atoms with Gasteiger partial charge in [-0.15, -0.1) is 0 Å². The van der Waals surface area contributed by atoms with Crippen LogP contribution in [0, 0.1) is 30.6 Å². The third-order valence-corrected chi connectivity index (χ3v) is 8.48. The van der Waals surface area contributed by atoms with Gasteiger partial charge in [-0.2, -0.15) is 5.26 Å². The van der Waals surface area contributed by atoms with Gasteiger partial charge in [-0.3, -0.25) is 9.69 Å². The standard InChI is InChI=1S/C35H36ClN3O2/c1-6-23-7-11-26(12-8-23)39-30-17-35(4,5)18-31(40)33(30)32(29(19-37)34(39)38)28-16-24(21(2)15-22(28)3)20-41-27-13-9-25(36)10-14-27/h7-16,32H,6,17-18,20,38H2,1-5H3. The zero-order valence-electron chi connectivity index (χ0n) is 24.3. The van der Waals surface area contributed by atoms with E-state index in [1.165, 1.54) is 5.56 Å². The monoisotopic (exact) mass is 565 g/mol. The molecule has 0 spiro atoms. The summed E-state index contributed by atoms with van der Waals surface area (Å²) < 4.78 is 6.09. The van der Waals surface area contributed by atoms with Crippen LogP contribution in [0.5, 0.6) is 5.75 Å². The van der Waals surface area contributed by atoms with Crippen LogP contribution in [0.2, 0.25) is 5.02 Å². The number of nitrogens with zero attached hydrogens (tertiary/aromatic N) is 2. The van der Waals surface area contributed by atoms with E-state index in [1.54, 1.807) is 12.1 Å². The van der Waals surface area contributed by atoms with Crippen molar-refractivity contribution in [3.8, 4) is 11.8 Å². The van der Waals surface area contributed by atoms with E-state index in [1.807, 2.05) is 43.0 Å². The molecular formula is C35H36ClN3O2. The largest absolute Gasteiger partial charge is 0.489 e. The van der Waals surface area contributed by atoms with Gasteiger partial charge >= 0.3 is 0 Å². The molecule has 1 aliphatic heterocycles. The first kappa shape index (κ1) is 28.5. The number of carbonyl (C=O) groups excluding carboxylic acids is 1. The molecule has 5 nitrogen and oxygen atoms in total. The molecule has 0 amide bonds. The van der Waals surface area contributed by atoms with Gasteiger partial charge in [0.05, 0.1) is 17.6 Å². The summed E-state index contributed by atoms with van der Waals surface area (Å²) in [4.78, 5) is 15.9. The number of allylic oxidation sites excluding steroid dienone is 3. The van der Waals surface area contributed by atoms with Gasteiger partial charge < -0.3 is 10.5 Å². The van der Waals surface area contributed by atoms with Gasteiger partial charge in [0.15, 0.2) is 5.78 Å². The van der Waals surface area contributed by atoms with Gasteiger partial charge in [-0.25, -0.2) is 0 Å². The first-order valence-corrected chi connectivity index (χ1v) is 14.4. The lowest BCUT2D eigenvalue weighted by molar-refractivity contribution is -0.118. The van der Waals surface area contributed by atoms with Crippen LogP contribution < -0.4 is 15.4 Å². The Labute approximate surface area is 247 Å². The van der Waals surface area contributed by atoms with Gasteiger partial charge in [-0.1, -0.05) is 56.6 Å². The van der Waals surface area contributed by atoms with Crippen molar-refractivity contribution in [3.63, 3.8) is 0 Å². The Balaban J connectivity index is 1.64. The fourth-order valence-corrected chi connectivity index (χ4v) is 6.20. The summed E-state index contributed by atoms with van der Waals surface area (Å²) in [6.07, 6.45) is 2.02. The van der Waals surface area contributed by atoms with Gasteiger partial charge in [0, 0.05) is 28.4 Å². The lowest BCUT2D eigenvalue weighted by Gasteiger charge is -2.44. The molecule has 0 saturated heterocycles. The molecule has 2 N–H and O–H groups in total. The van der Waals surface area contributed by atoms with Crippen LogP contribution in [0.4, 0.5) is 5.69 Å². The lowest BCUT2D eigenvalue weighted by Crippen LogP contribution is -2.42. The topological polar surface area (TPSA) is 79.3 Å². The molecular weight excluding hydrogens is 530 g/mol. The summed E-state index contributed by atoms with van der Waals surface area (Å²) >= 11 is 6.03. The second-order valence-corrected chi connectivity index (χ2v) is 12.3. The summed E-state index contributed by atoms with van der Waals surface area (Å²) in [5, 5.41) is 11.2. The van der Waals surface area contributed by atoms with E-state index in [2.05, 4.69) is 51.1 Å². The number of nitriles is 1. The Morgan fingerprint density at radius 2 is 1.73 bits per heavy atom. The Morgan fingerprint density at radius 1 is 1.05 bits per heavy atom. The smallest absolute Gasteiger partial charge is 0.162 e. The fourth-order valence-electron chi connectivity index (χ4n) is 6.07.